The van der Waals surface area contributed by atoms with Gasteiger partial charge in [0, 0.05) is 6.04 Å². The van der Waals surface area contributed by atoms with Crippen molar-refractivity contribution in [3.05, 3.63) is 12.2 Å². The first kappa shape index (κ1) is 15.7. The Kier molecular flexibility index (Phi) is 9.65. The third-order valence-corrected chi connectivity index (χ3v) is 3.01. The number of likely N-dealkylation sites (N-methyl/N-ethyl adjacent to an activating group) is 1. The van der Waals surface area contributed by atoms with Crippen molar-refractivity contribution in [3.63, 3.8) is 0 Å². The molecule has 16 heavy (non-hydrogen) atoms. The number of nitrogens with zero attached hydrogens (tertiary/aromatic N) is 1. The van der Waals surface area contributed by atoms with Crippen LogP contribution in [-0.4, -0.2) is 37.2 Å². The van der Waals surface area contributed by atoms with Gasteiger partial charge in [0.15, 0.2) is 0 Å². The summed E-state index contributed by atoms with van der Waals surface area (Å²) in [5.74, 6) is 0. The van der Waals surface area contributed by atoms with Crippen LogP contribution in [0.5, 0.6) is 0 Å². The molecule has 2 nitrogen and oxygen atoms in total. The highest BCUT2D eigenvalue weighted by molar-refractivity contribution is 4.95. The molecule has 1 aliphatic heterocycles. The van der Waals surface area contributed by atoms with Crippen molar-refractivity contribution in [2.24, 2.45) is 0 Å². The second-order valence-corrected chi connectivity index (χ2v) is 3.80. The summed E-state index contributed by atoms with van der Waals surface area (Å²) in [5, 5.41) is 0. The van der Waals surface area contributed by atoms with Crippen molar-refractivity contribution in [2.45, 2.75) is 59.0 Å². The fourth-order valence-corrected chi connectivity index (χ4v) is 1.90. The summed E-state index contributed by atoms with van der Waals surface area (Å²) in [7, 11) is 2.23. The molecule has 1 aliphatic carbocycles. The van der Waals surface area contributed by atoms with Crippen LogP contribution in [0.3, 0.4) is 0 Å². The fraction of sp³-hybridized carbons (Fsp3) is 0.857. The van der Waals surface area contributed by atoms with E-state index in [1.54, 1.807) is 0 Å². The van der Waals surface area contributed by atoms with Crippen LogP contribution in [-0.2, 0) is 4.74 Å². The molecule has 0 aromatic rings. The van der Waals surface area contributed by atoms with Gasteiger partial charge >= 0.3 is 0 Å². The molecule has 2 aliphatic rings. The lowest BCUT2D eigenvalue weighted by Gasteiger charge is -2.40. The van der Waals surface area contributed by atoms with Crippen LogP contribution in [0, 0.1) is 0 Å². The lowest BCUT2D eigenvalue weighted by molar-refractivity contribution is -0.0702. The normalized spacial score (nSPS) is 23.8. The maximum atomic E-state index is 5.19. The molecule has 0 radical (unpaired) electrons. The van der Waals surface area contributed by atoms with Crippen LogP contribution < -0.4 is 0 Å². The highest BCUT2D eigenvalue weighted by Gasteiger charge is 2.28. The molecule has 1 unspecified atom stereocenters. The lowest BCUT2D eigenvalue weighted by Crippen LogP contribution is -2.51. The van der Waals surface area contributed by atoms with Crippen molar-refractivity contribution >= 4 is 0 Å². The number of allylic oxidation sites excluding steroid dienone is 1. The highest BCUT2D eigenvalue weighted by atomic mass is 16.5. The Morgan fingerprint density at radius 2 is 1.62 bits per heavy atom. The van der Waals surface area contributed by atoms with Crippen LogP contribution in [0.4, 0.5) is 0 Å². The van der Waals surface area contributed by atoms with E-state index < -0.39 is 0 Å². The molecule has 1 atom stereocenters. The third-order valence-electron chi connectivity index (χ3n) is 3.01. The molecule has 1 fully saturated rings. The fourth-order valence-electron chi connectivity index (χ4n) is 1.90. The molecule has 0 bridgehead atoms. The summed E-state index contributed by atoms with van der Waals surface area (Å²) in [5.41, 5.74) is 0. The molecular formula is C14H29NO. The topological polar surface area (TPSA) is 12.5 Å². The summed E-state index contributed by atoms with van der Waals surface area (Å²) in [6.45, 7) is 9.88. The largest absolute Gasteiger partial charge is 0.378 e. The van der Waals surface area contributed by atoms with E-state index in [2.05, 4.69) is 24.1 Å². The van der Waals surface area contributed by atoms with Crippen molar-refractivity contribution in [1.82, 2.24) is 4.90 Å². The first-order chi connectivity index (χ1) is 7.88. The Balaban J connectivity index is 0.000000509. The van der Waals surface area contributed by atoms with E-state index in [0.717, 1.165) is 19.3 Å². The Morgan fingerprint density at radius 1 is 1.00 bits per heavy atom. The van der Waals surface area contributed by atoms with E-state index in [4.69, 9.17) is 4.74 Å². The van der Waals surface area contributed by atoms with Gasteiger partial charge in [-0.25, -0.2) is 0 Å². The summed E-state index contributed by atoms with van der Waals surface area (Å²) in [6.07, 6.45) is 8.41. The summed E-state index contributed by atoms with van der Waals surface area (Å²) in [4.78, 5) is 2.49. The van der Waals surface area contributed by atoms with Crippen molar-refractivity contribution < 1.29 is 4.74 Å². The standard InChI is InChI=1S/C10H17NO.2C2H6/c1-11(10-7-12-8-10)9-5-3-2-4-6-9;2*1-2/h2-3,9-10H,4-8H2,1H3;2*1-2H3. The SMILES string of the molecule is CC.CC.CN(C1CC=CCC1)C1COC1. The number of ether oxygens (including phenoxy) is 1. The number of rotatable bonds is 2. The molecule has 96 valence electrons. The Hall–Kier alpha value is -0.340. The average molecular weight is 227 g/mol. The van der Waals surface area contributed by atoms with Gasteiger partial charge in [-0.2, -0.15) is 0 Å². The monoisotopic (exact) mass is 227 g/mol. The Labute approximate surface area is 102 Å². The van der Waals surface area contributed by atoms with Gasteiger partial charge in [0.2, 0.25) is 0 Å². The minimum atomic E-state index is 0.696. The second-order valence-electron chi connectivity index (χ2n) is 3.80. The van der Waals surface area contributed by atoms with Crippen molar-refractivity contribution in [2.75, 3.05) is 20.3 Å². The predicted octanol–water partition coefficient (Wildman–Crippen LogP) is 3.48. The Bertz CT molecular complexity index is 176. The van der Waals surface area contributed by atoms with E-state index in [1.807, 2.05) is 27.7 Å². The first-order valence-electron chi connectivity index (χ1n) is 6.82. The molecule has 2 heteroatoms. The number of hydrogen-bond acceptors (Lipinski definition) is 2. The predicted molar refractivity (Wildman–Crippen MR) is 71.8 cm³/mol. The third kappa shape index (κ3) is 4.67. The van der Waals surface area contributed by atoms with Gasteiger partial charge in [0.25, 0.3) is 0 Å². The molecule has 0 aromatic carbocycles. The highest BCUT2D eigenvalue weighted by Crippen LogP contribution is 2.20. The molecular weight excluding hydrogens is 198 g/mol. The Morgan fingerprint density at radius 3 is 2.00 bits per heavy atom. The van der Waals surface area contributed by atoms with Crippen LogP contribution >= 0.6 is 0 Å². The average Bonchev–Trinajstić information content (AvgIpc) is 2.33. The first-order valence-corrected chi connectivity index (χ1v) is 6.82. The minimum absolute atomic E-state index is 0.696. The van der Waals surface area contributed by atoms with E-state index in [9.17, 15) is 0 Å². The quantitative estimate of drug-likeness (QED) is 0.670. The lowest BCUT2D eigenvalue weighted by atomic mass is 9.99. The molecule has 0 N–H and O–H groups in total. The van der Waals surface area contributed by atoms with Gasteiger partial charge in [-0.05, 0) is 26.3 Å². The molecule has 1 saturated heterocycles. The van der Waals surface area contributed by atoms with E-state index in [0.29, 0.717) is 6.04 Å². The minimum Gasteiger partial charge on any atom is -0.378 e. The van der Waals surface area contributed by atoms with E-state index in [1.165, 1.54) is 19.3 Å². The zero-order valence-electron chi connectivity index (χ0n) is 11.7. The second kappa shape index (κ2) is 9.86. The van der Waals surface area contributed by atoms with Crippen molar-refractivity contribution in [1.29, 1.82) is 0 Å². The summed E-state index contributed by atoms with van der Waals surface area (Å²) < 4.78 is 5.19. The van der Waals surface area contributed by atoms with Gasteiger partial charge in [-0.3, -0.25) is 4.90 Å². The molecule has 0 aromatic heterocycles. The van der Waals surface area contributed by atoms with E-state index in [-0.39, 0.29) is 0 Å². The molecule has 2 rings (SSSR count). The van der Waals surface area contributed by atoms with Crippen molar-refractivity contribution in [3.8, 4) is 0 Å². The van der Waals surface area contributed by atoms with Crippen LogP contribution in [0.25, 0.3) is 0 Å². The molecule has 0 spiro atoms. The smallest absolute Gasteiger partial charge is 0.0645 e. The zero-order valence-corrected chi connectivity index (χ0v) is 11.7. The van der Waals surface area contributed by atoms with Crippen LogP contribution in [0.1, 0.15) is 47.0 Å². The zero-order chi connectivity index (χ0) is 12.4. The van der Waals surface area contributed by atoms with Crippen LogP contribution in [0.15, 0.2) is 12.2 Å². The summed E-state index contributed by atoms with van der Waals surface area (Å²) in [6, 6.07) is 1.46. The van der Waals surface area contributed by atoms with E-state index >= 15 is 0 Å². The van der Waals surface area contributed by atoms with Gasteiger partial charge in [-0.15, -0.1) is 0 Å². The maximum Gasteiger partial charge on any atom is 0.0645 e. The molecule has 0 amide bonds. The maximum absolute atomic E-state index is 5.19. The summed E-state index contributed by atoms with van der Waals surface area (Å²) >= 11 is 0. The van der Waals surface area contributed by atoms with Gasteiger partial charge < -0.3 is 4.74 Å². The van der Waals surface area contributed by atoms with Crippen LogP contribution in [0.2, 0.25) is 0 Å². The molecule has 1 heterocycles. The van der Waals surface area contributed by atoms with Gasteiger partial charge in [-0.1, -0.05) is 39.8 Å². The van der Waals surface area contributed by atoms with Gasteiger partial charge in [0.1, 0.15) is 0 Å². The molecule has 0 saturated carbocycles. The number of hydrogen-bond donors (Lipinski definition) is 0. The van der Waals surface area contributed by atoms with Gasteiger partial charge in [0.05, 0.1) is 19.3 Å².